The maximum Gasteiger partial charge on any atom is 0.236 e. The van der Waals surface area contributed by atoms with Gasteiger partial charge in [0.1, 0.15) is 5.75 Å². The molecule has 3 nitrogen and oxygen atoms in total. The molecule has 1 unspecified atom stereocenters. The summed E-state index contributed by atoms with van der Waals surface area (Å²) in [6.45, 7) is 2.51. The number of hydrogen-bond acceptors (Lipinski definition) is 2. The van der Waals surface area contributed by atoms with Gasteiger partial charge in [0.2, 0.25) is 5.91 Å². The van der Waals surface area contributed by atoms with E-state index in [1.165, 1.54) is 0 Å². The van der Waals surface area contributed by atoms with Crippen molar-refractivity contribution in [3.8, 4) is 5.75 Å². The van der Waals surface area contributed by atoms with Gasteiger partial charge in [-0.2, -0.15) is 0 Å². The number of alkyl halides is 1. The van der Waals surface area contributed by atoms with Crippen molar-refractivity contribution in [2.24, 2.45) is 0 Å². The van der Waals surface area contributed by atoms with Crippen molar-refractivity contribution in [2.75, 3.05) is 13.7 Å². The number of hydrogen-bond donors (Lipinski definition) is 0. The second-order valence-corrected chi connectivity index (χ2v) is 5.68. The molecule has 0 aromatic heterocycles. The van der Waals surface area contributed by atoms with E-state index in [2.05, 4.69) is 22.0 Å². The van der Waals surface area contributed by atoms with Gasteiger partial charge in [0.15, 0.2) is 0 Å². The Kier molecular flexibility index (Phi) is 7.20. The van der Waals surface area contributed by atoms with Gasteiger partial charge in [-0.05, 0) is 24.1 Å². The van der Waals surface area contributed by atoms with Crippen LogP contribution in [0.5, 0.6) is 5.75 Å². The van der Waals surface area contributed by atoms with E-state index in [4.69, 9.17) is 16.3 Å². The molecule has 1 atom stereocenters. The van der Waals surface area contributed by atoms with Gasteiger partial charge in [0.25, 0.3) is 0 Å². The minimum Gasteiger partial charge on any atom is -0.494 e. The summed E-state index contributed by atoms with van der Waals surface area (Å²) < 4.78 is 5.39. The van der Waals surface area contributed by atoms with Gasteiger partial charge in [-0.3, -0.25) is 4.79 Å². The van der Waals surface area contributed by atoms with Gasteiger partial charge in [0, 0.05) is 39.8 Å². The van der Waals surface area contributed by atoms with Crippen molar-refractivity contribution in [3.63, 3.8) is 0 Å². The first-order valence-corrected chi connectivity index (χ1v) is 7.29. The van der Waals surface area contributed by atoms with Crippen molar-refractivity contribution in [1.29, 1.82) is 0 Å². The number of halogens is 2. The van der Waals surface area contributed by atoms with Crippen molar-refractivity contribution in [1.82, 2.24) is 4.90 Å². The number of carbonyl (C=O) groups excluding carboxylic acids is 1. The molecule has 0 fully saturated rings. The van der Waals surface area contributed by atoms with E-state index in [0.717, 1.165) is 11.3 Å². The van der Waals surface area contributed by atoms with E-state index < -0.39 is 0 Å². The SMILES string of the molecule is CCOc1ccc(C2=[C-]CC(Br)C(=O)N2C)c(Cl)c1.[Y]. The minimum atomic E-state index is -0.206. The zero-order valence-electron chi connectivity index (χ0n) is 11.3. The average Bonchev–Trinajstić information content (AvgIpc) is 2.38. The molecular weight excluding hydrogens is 418 g/mol. The molecule has 0 aliphatic carbocycles. The molecule has 20 heavy (non-hydrogen) atoms. The summed E-state index contributed by atoms with van der Waals surface area (Å²) in [6, 6.07) is 5.46. The van der Waals surface area contributed by atoms with Crippen LogP contribution in [-0.4, -0.2) is 29.3 Å². The largest absolute Gasteiger partial charge is 0.494 e. The van der Waals surface area contributed by atoms with Crippen LogP contribution in [0.3, 0.4) is 0 Å². The Bertz CT molecular complexity index is 536. The van der Waals surface area contributed by atoms with Crippen LogP contribution in [-0.2, 0) is 37.5 Å². The maximum absolute atomic E-state index is 11.9. The molecule has 1 amide bonds. The molecule has 1 heterocycles. The van der Waals surface area contributed by atoms with Gasteiger partial charge in [-0.1, -0.05) is 22.4 Å². The van der Waals surface area contributed by atoms with E-state index in [9.17, 15) is 4.79 Å². The molecule has 0 bridgehead atoms. The fourth-order valence-corrected chi connectivity index (χ4v) is 2.66. The van der Waals surface area contributed by atoms with Crippen LogP contribution in [0, 0.1) is 6.08 Å². The number of rotatable bonds is 3. The molecule has 1 aliphatic rings. The molecule has 0 N–H and O–H groups in total. The molecule has 0 saturated heterocycles. The van der Waals surface area contributed by atoms with Crippen molar-refractivity contribution < 1.29 is 42.2 Å². The fourth-order valence-electron chi connectivity index (χ4n) is 1.93. The van der Waals surface area contributed by atoms with E-state index in [0.29, 0.717) is 23.7 Å². The average molecular weight is 433 g/mol. The summed E-state index contributed by atoms with van der Waals surface area (Å²) in [5.41, 5.74) is 1.51. The first-order chi connectivity index (χ1) is 9.04. The summed E-state index contributed by atoms with van der Waals surface area (Å²) in [5.74, 6) is 0.735. The number of ether oxygens (including phenoxy) is 1. The van der Waals surface area contributed by atoms with Crippen LogP contribution in [0.2, 0.25) is 5.02 Å². The Labute approximate surface area is 157 Å². The Morgan fingerprint density at radius 3 is 2.85 bits per heavy atom. The van der Waals surface area contributed by atoms with Crippen LogP contribution >= 0.6 is 27.5 Å². The van der Waals surface area contributed by atoms with Crippen LogP contribution in [0.1, 0.15) is 18.9 Å². The molecule has 6 heteroatoms. The monoisotopic (exact) mass is 431 g/mol. The third kappa shape index (κ3) is 3.85. The molecule has 1 radical (unpaired) electrons. The normalized spacial score (nSPS) is 18.4. The maximum atomic E-state index is 11.9. The van der Waals surface area contributed by atoms with Gasteiger partial charge in [0.05, 0.1) is 11.4 Å². The number of amides is 1. The molecule has 2 rings (SSSR count). The minimum absolute atomic E-state index is 0. The summed E-state index contributed by atoms with van der Waals surface area (Å²) in [6.07, 6.45) is 3.75. The van der Waals surface area contributed by atoms with Crippen molar-refractivity contribution in [2.45, 2.75) is 18.2 Å². The van der Waals surface area contributed by atoms with Gasteiger partial charge in [-0.15, -0.1) is 28.9 Å². The number of allylic oxidation sites excluding steroid dienone is 1. The fraction of sp³-hybridized carbons (Fsp3) is 0.357. The predicted octanol–water partition coefficient (Wildman–Crippen LogP) is 3.51. The molecular formula is C14H14BrClNO2Y-. The molecule has 105 valence electrons. The second kappa shape index (κ2) is 7.93. The van der Waals surface area contributed by atoms with E-state index in [1.54, 1.807) is 18.0 Å². The standard InChI is InChI=1S/C14H14BrClNO2.Y/c1-3-19-9-4-5-10(12(16)8-9)13-7-6-11(15)14(18)17(13)2;/h4-5,8,11H,3,6H2,1-2H3;/q-1;. The Morgan fingerprint density at radius 1 is 1.55 bits per heavy atom. The number of nitrogens with zero attached hydrogens (tertiary/aromatic N) is 1. The van der Waals surface area contributed by atoms with E-state index in [1.807, 2.05) is 19.1 Å². The summed E-state index contributed by atoms with van der Waals surface area (Å²) in [5, 5.41) is 0.557. The summed E-state index contributed by atoms with van der Waals surface area (Å²) in [4.78, 5) is 13.3. The Balaban J connectivity index is 0.00000200. The first kappa shape index (κ1) is 18.2. The molecule has 1 aliphatic heterocycles. The third-order valence-corrected chi connectivity index (χ3v) is 3.92. The molecule has 0 saturated carbocycles. The van der Waals surface area contributed by atoms with Gasteiger partial charge in [-0.25, -0.2) is 6.08 Å². The van der Waals surface area contributed by atoms with Crippen LogP contribution in [0.25, 0.3) is 5.70 Å². The zero-order chi connectivity index (χ0) is 14.0. The Hall–Kier alpha value is 0.104. The Morgan fingerprint density at radius 2 is 2.25 bits per heavy atom. The van der Waals surface area contributed by atoms with E-state index in [-0.39, 0.29) is 43.4 Å². The second-order valence-electron chi connectivity index (χ2n) is 4.17. The van der Waals surface area contributed by atoms with Crippen molar-refractivity contribution in [3.05, 3.63) is 34.9 Å². The van der Waals surface area contributed by atoms with Crippen molar-refractivity contribution >= 4 is 39.1 Å². The van der Waals surface area contributed by atoms with Gasteiger partial charge < -0.3 is 9.64 Å². The quantitative estimate of drug-likeness (QED) is 0.541. The van der Waals surface area contributed by atoms with Crippen LogP contribution in [0.4, 0.5) is 0 Å². The first-order valence-electron chi connectivity index (χ1n) is 5.99. The predicted molar refractivity (Wildman–Crippen MR) is 79.4 cm³/mol. The smallest absolute Gasteiger partial charge is 0.236 e. The number of carbonyl (C=O) groups is 1. The molecule has 0 spiro atoms. The third-order valence-electron chi connectivity index (χ3n) is 2.89. The summed E-state index contributed by atoms with van der Waals surface area (Å²) in [7, 11) is 1.73. The molecule has 1 aromatic carbocycles. The molecule has 1 aromatic rings. The van der Waals surface area contributed by atoms with Crippen LogP contribution in [0.15, 0.2) is 18.2 Å². The summed E-state index contributed by atoms with van der Waals surface area (Å²) >= 11 is 9.58. The van der Waals surface area contributed by atoms with Crippen LogP contribution < -0.4 is 4.74 Å². The zero-order valence-corrected chi connectivity index (χ0v) is 16.5. The van der Waals surface area contributed by atoms with Gasteiger partial charge >= 0.3 is 0 Å². The van der Waals surface area contributed by atoms with E-state index >= 15 is 0 Å². The number of benzene rings is 1. The topological polar surface area (TPSA) is 29.5 Å².